The molecule has 2 rings (SSSR count). The van der Waals surface area contributed by atoms with E-state index in [0.29, 0.717) is 16.6 Å². The summed E-state index contributed by atoms with van der Waals surface area (Å²) in [5, 5.41) is 3.25. The second-order valence-corrected chi connectivity index (χ2v) is 6.32. The monoisotopic (exact) mass is 275 g/mol. The number of hydrogen-bond donors (Lipinski definition) is 1. The third-order valence-electron chi connectivity index (χ3n) is 3.02. The molecule has 96 valence electrons. The van der Waals surface area contributed by atoms with Gasteiger partial charge in [0.15, 0.2) is 9.84 Å². The normalized spacial score (nSPS) is 17.4. The van der Waals surface area contributed by atoms with Gasteiger partial charge in [-0.1, -0.05) is 18.2 Å². The van der Waals surface area contributed by atoms with Crippen molar-refractivity contribution in [2.75, 3.05) is 18.8 Å². The molecule has 0 spiro atoms. The van der Waals surface area contributed by atoms with Gasteiger partial charge in [0, 0.05) is 0 Å². The lowest BCUT2D eigenvalue weighted by Gasteiger charge is -2.22. The van der Waals surface area contributed by atoms with Crippen LogP contribution in [0.1, 0.15) is 12.8 Å². The van der Waals surface area contributed by atoms with Crippen molar-refractivity contribution in [3.8, 4) is 0 Å². The number of halogens is 1. The predicted molar refractivity (Wildman–Crippen MR) is 71.3 cm³/mol. The molecule has 17 heavy (non-hydrogen) atoms. The van der Waals surface area contributed by atoms with Gasteiger partial charge in [0.1, 0.15) is 0 Å². The Morgan fingerprint density at radius 1 is 1.12 bits per heavy atom. The van der Waals surface area contributed by atoms with Crippen LogP contribution in [0.25, 0.3) is 0 Å². The summed E-state index contributed by atoms with van der Waals surface area (Å²) < 4.78 is 24.2. The molecule has 1 fully saturated rings. The Hall–Kier alpha value is -0.580. The first-order valence-corrected chi connectivity index (χ1v) is 7.32. The van der Waals surface area contributed by atoms with Crippen LogP contribution >= 0.6 is 12.4 Å². The highest BCUT2D eigenvalue weighted by Gasteiger charge is 2.22. The molecular formula is C12H18ClNO2S. The van der Waals surface area contributed by atoms with Crippen molar-refractivity contribution in [1.29, 1.82) is 0 Å². The second kappa shape index (κ2) is 6.38. The van der Waals surface area contributed by atoms with E-state index in [2.05, 4.69) is 5.32 Å². The molecule has 0 radical (unpaired) electrons. The van der Waals surface area contributed by atoms with Gasteiger partial charge >= 0.3 is 0 Å². The van der Waals surface area contributed by atoms with E-state index in [9.17, 15) is 8.42 Å². The molecule has 1 aliphatic heterocycles. The zero-order valence-corrected chi connectivity index (χ0v) is 11.3. The first-order valence-electron chi connectivity index (χ1n) is 5.67. The summed E-state index contributed by atoms with van der Waals surface area (Å²) in [6, 6.07) is 8.74. The van der Waals surface area contributed by atoms with E-state index in [1.165, 1.54) is 0 Å². The number of hydrogen-bond acceptors (Lipinski definition) is 3. The zero-order valence-electron chi connectivity index (χ0n) is 9.63. The van der Waals surface area contributed by atoms with Crippen LogP contribution < -0.4 is 5.32 Å². The molecular weight excluding hydrogens is 258 g/mol. The Bertz CT molecular complexity index is 427. The van der Waals surface area contributed by atoms with Gasteiger partial charge in [-0.05, 0) is 44.0 Å². The Morgan fingerprint density at radius 2 is 1.71 bits per heavy atom. The highest BCUT2D eigenvalue weighted by molar-refractivity contribution is 7.91. The third-order valence-corrected chi connectivity index (χ3v) is 4.92. The maximum absolute atomic E-state index is 12.1. The maximum Gasteiger partial charge on any atom is 0.178 e. The van der Waals surface area contributed by atoms with Gasteiger partial charge in [-0.15, -0.1) is 12.4 Å². The minimum absolute atomic E-state index is 0. The summed E-state index contributed by atoms with van der Waals surface area (Å²) >= 11 is 0. The summed E-state index contributed by atoms with van der Waals surface area (Å²) in [4.78, 5) is 0.452. The van der Waals surface area contributed by atoms with Crippen molar-refractivity contribution in [3.63, 3.8) is 0 Å². The molecule has 1 heterocycles. The Morgan fingerprint density at radius 3 is 2.29 bits per heavy atom. The van der Waals surface area contributed by atoms with Crippen LogP contribution in [-0.4, -0.2) is 27.3 Å². The van der Waals surface area contributed by atoms with Crippen molar-refractivity contribution in [2.45, 2.75) is 17.7 Å². The molecule has 1 aliphatic rings. The lowest BCUT2D eigenvalue weighted by molar-refractivity contribution is 0.401. The van der Waals surface area contributed by atoms with Gasteiger partial charge < -0.3 is 5.32 Å². The molecule has 0 unspecified atom stereocenters. The van der Waals surface area contributed by atoms with Crippen LogP contribution in [-0.2, 0) is 9.84 Å². The average molecular weight is 276 g/mol. The summed E-state index contributed by atoms with van der Waals surface area (Å²) in [5.41, 5.74) is 0. The standard InChI is InChI=1S/C12H17NO2S.ClH/c14-16(15,12-4-2-1-3-5-12)10-11-6-8-13-9-7-11;/h1-5,11,13H,6-10H2;1H. The molecule has 1 saturated heterocycles. The zero-order chi connectivity index (χ0) is 11.4. The van der Waals surface area contributed by atoms with Crippen LogP contribution in [0, 0.1) is 5.92 Å². The molecule has 1 N–H and O–H groups in total. The van der Waals surface area contributed by atoms with Crippen LogP contribution in [0.5, 0.6) is 0 Å². The van der Waals surface area contributed by atoms with E-state index in [0.717, 1.165) is 25.9 Å². The maximum atomic E-state index is 12.1. The van der Waals surface area contributed by atoms with Gasteiger partial charge in [0.05, 0.1) is 10.6 Å². The molecule has 0 saturated carbocycles. The van der Waals surface area contributed by atoms with Gasteiger partial charge in [-0.2, -0.15) is 0 Å². The van der Waals surface area contributed by atoms with Crippen molar-refractivity contribution < 1.29 is 8.42 Å². The number of piperidine rings is 1. The molecule has 0 bridgehead atoms. The first-order chi connectivity index (χ1) is 7.68. The minimum atomic E-state index is -3.09. The molecule has 0 aromatic heterocycles. The Labute approximate surface area is 109 Å². The van der Waals surface area contributed by atoms with Crippen molar-refractivity contribution in [2.24, 2.45) is 5.92 Å². The second-order valence-electron chi connectivity index (χ2n) is 4.29. The molecule has 1 aromatic carbocycles. The number of sulfone groups is 1. The van der Waals surface area contributed by atoms with Crippen molar-refractivity contribution in [3.05, 3.63) is 30.3 Å². The van der Waals surface area contributed by atoms with E-state index in [1.54, 1.807) is 24.3 Å². The van der Waals surface area contributed by atoms with Crippen LogP contribution in [0.2, 0.25) is 0 Å². The molecule has 3 nitrogen and oxygen atoms in total. The lowest BCUT2D eigenvalue weighted by Crippen LogP contribution is -2.31. The van der Waals surface area contributed by atoms with Crippen LogP contribution in [0.3, 0.4) is 0 Å². The number of benzene rings is 1. The number of rotatable bonds is 3. The summed E-state index contributed by atoms with van der Waals surface area (Å²) in [7, 11) is -3.09. The van der Waals surface area contributed by atoms with E-state index < -0.39 is 9.84 Å². The summed E-state index contributed by atoms with van der Waals surface area (Å²) in [6.45, 7) is 1.88. The first kappa shape index (κ1) is 14.5. The largest absolute Gasteiger partial charge is 0.317 e. The van der Waals surface area contributed by atoms with Gasteiger partial charge in [0.25, 0.3) is 0 Å². The third kappa shape index (κ3) is 3.98. The van der Waals surface area contributed by atoms with E-state index in [1.807, 2.05) is 6.07 Å². The molecule has 5 heteroatoms. The molecule has 0 aliphatic carbocycles. The molecule has 0 amide bonds. The fourth-order valence-corrected chi connectivity index (χ4v) is 3.80. The fourth-order valence-electron chi connectivity index (χ4n) is 2.08. The quantitative estimate of drug-likeness (QED) is 0.916. The number of nitrogens with one attached hydrogen (secondary N) is 1. The van der Waals surface area contributed by atoms with Gasteiger partial charge in [-0.3, -0.25) is 0 Å². The smallest absolute Gasteiger partial charge is 0.178 e. The molecule has 0 atom stereocenters. The van der Waals surface area contributed by atoms with Crippen molar-refractivity contribution >= 4 is 22.2 Å². The van der Waals surface area contributed by atoms with Gasteiger partial charge in [0.2, 0.25) is 0 Å². The lowest BCUT2D eigenvalue weighted by atomic mass is 10.0. The van der Waals surface area contributed by atoms with E-state index in [4.69, 9.17) is 0 Å². The minimum Gasteiger partial charge on any atom is -0.317 e. The average Bonchev–Trinajstić information content (AvgIpc) is 2.31. The van der Waals surface area contributed by atoms with Crippen molar-refractivity contribution in [1.82, 2.24) is 5.32 Å². The Balaban J connectivity index is 0.00000144. The van der Waals surface area contributed by atoms with Crippen LogP contribution in [0.4, 0.5) is 0 Å². The van der Waals surface area contributed by atoms with E-state index in [-0.39, 0.29) is 12.4 Å². The predicted octanol–water partition coefficient (Wildman–Crippen LogP) is 1.88. The molecule has 1 aromatic rings. The van der Waals surface area contributed by atoms with Crippen LogP contribution in [0.15, 0.2) is 35.2 Å². The highest BCUT2D eigenvalue weighted by atomic mass is 35.5. The highest BCUT2D eigenvalue weighted by Crippen LogP contribution is 2.19. The summed E-state index contributed by atoms with van der Waals surface area (Å²) in [6.07, 6.45) is 1.93. The van der Waals surface area contributed by atoms with Gasteiger partial charge in [-0.25, -0.2) is 8.42 Å². The van der Waals surface area contributed by atoms with E-state index >= 15 is 0 Å². The fraction of sp³-hybridized carbons (Fsp3) is 0.500. The topological polar surface area (TPSA) is 46.2 Å². The SMILES string of the molecule is Cl.O=S(=O)(CC1CCNCC1)c1ccccc1. The summed E-state index contributed by atoms with van der Waals surface area (Å²) in [5.74, 6) is 0.602. The Kier molecular flexibility index (Phi) is 5.43.